The number of ether oxygens (including phenoxy) is 2. The van der Waals surface area contributed by atoms with Gasteiger partial charge in [0.05, 0.1) is 7.11 Å². The van der Waals surface area contributed by atoms with E-state index in [1.165, 1.54) is 0 Å². The largest absolute Gasteiger partial charge is 0.497 e. The van der Waals surface area contributed by atoms with Gasteiger partial charge in [-0.3, -0.25) is 0 Å². The Bertz CT molecular complexity index is 926. The maximum absolute atomic E-state index is 13.0. The molecule has 0 saturated carbocycles. The zero-order valence-corrected chi connectivity index (χ0v) is 19.2. The van der Waals surface area contributed by atoms with E-state index in [9.17, 15) is 4.79 Å². The van der Waals surface area contributed by atoms with Crippen molar-refractivity contribution in [2.24, 2.45) is 4.99 Å². The topological polar surface area (TPSA) is 47.9 Å². The standard InChI is InChI=1S/C23H28NO3PS/c1-15(2)28(29,16(3)4)21(17-11-13-19(26-5)14-12-17)20-23(25)27-22(24-20)18-9-7-6-8-10-18/h6-16,20-21H,1-5H3. The molecule has 0 N–H and O–H groups in total. The summed E-state index contributed by atoms with van der Waals surface area (Å²) in [7, 11) is 1.64. The van der Waals surface area contributed by atoms with Gasteiger partial charge in [0, 0.05) is 11.2 Å². The molecule has 3 rings (SSSR count). The maximum Gasteiger partial charge on any atom is 0.338 e. The number of hydrogen-bond donors (Lipinski definition) is 0. The minimum Gasteiger partial charge on any atom is -0.497 e. The Kier molecular flexibility index (Phi) is 6.60. The van der Waals surface area contributed by atoms with Crippen molar-refractivity contribution in [1.29, 1.82) is 0 Å². The predicted octanol–water partition coefficient (Wildman–Crippen LogP) is 5.40. The second kappa shape index (κ2) is 8.81. The van der Waals surface area contributed by atoms with E-state index in [4.69, 9.17) is 26.3 Å². The molecule has 0 aromatic heterocycles. The summed E-state index contributed by atoms with van der Waals surface area (Å²) in [4.78, 5) is 17.8. The second-order valence-corrected chi connectivity index (χ2v) is 13.9. The first kappa shape index (κ1) is 21.7. The van der Waals surface area contributed by atoms with Crippen molar-refractivity contribution in [3.8, 4) is 5.75 Å². The Morgan fingerprint density at radius 3 is 2.10 bits per heavy atom. The summed E-state index contributed by atoms with van der Waals surface area (Å²) in [6, 6.07) is 14.7. The van der Waals surface area contributed by atoms with E-state index in [1.54, 1.807) is 7.11 Å². The number of carbonyl (C=O) groups is 1. The molecule has 0 spiro atoms. The Hall–Kier alpha value is -1.97. The summed E-state index contributed by atoms with van der Waals surface area (Å²) in [5.74, 6) is 0.839. The highest BCUT2D eigenvalue weighted by Crippen LogP contribution is 2.68. The van der Waals surface area contributed by atoms with Crippen molar-refractivity contribution in [1.82, 2.24) is 0 Å². The molecule has 0 amide bonds. The van der Waals surface area contributed by atoms with Crippen molar-refractivity contribution in [2.45, 2.75) is 50.7 Å². The lowest BCUT2D eigenvalue weighted by atomic mass is 10.1. The fraction of sp³-hybridized carbons (Fsp3) is 0.391. The second-order valence-electron chi connectivity index (χ2n) is 7.84. The van der Waals surface area contributed by atoms with Crippen LogP contribution in [-0.2, 0) is 21.3 Å². The molecule has 2 unspecified atom stereocenters. The zero-order chi connectivity index (χ0) is 21.2. The monoisotopic (exact) mass is 429 g/mol. The zero-order valence-electron chi connectivity index (χ0n) is 17.5. The number of aliphatic imine (C=N–C) groups is 1. The molecule has 1 heterocycles. The molecule has 0 aliphatic carbocycles. The third-order valence-corrected chi connectivity index (χ3v) is 13.4. The minimum atomic E-state index is -2.04. The van der Waals surface area contributed by atoms with Gasteiger partial charge < -0.3 is 9.47 Å². The first-order valence-electron chi connectivity index (χ1n) is 9.87. The van der Waals surface area contributed by atoms with Gasteiger partial charge in [0.25, 0.3) is 0 Å². The molecular formula is C23H28NO3PS. The van der Waals surface area contributed by atoms with E-state index < -0.39 is 12.1 Å². The Morgan fingerprint density at radius 2 is 1.59 bits per heavy atom. The molecule has 1 aliphatic rings. The third-order valence-electron chi connectivity index (χ3n) is 5.52. The normalized spacial score (nSPS) is 18.0. The van der Waals surface area contributed by atoms with Gasteiger partial charge in [-0.2, -0.15) is 0 Å². The summed E-state index contributed by atoms with van der Waals surface area (Å²) < 4.78 is 10.9. The van der Waals surface area contributed by atoms with E-state index in [0.717, 1.165) is 16.9 Å². The summed E-state index contributed by atoms with van der Waals surface area (Å²) in [5.41, 5.74) is 2.19. The van der Waals surface area contributed by atoms with E-state index in [0.29, 0.717) is 5.90 Å². The Balaban J connectivity index is 2.13. The number of cyclic esters (lactones) is 1. The van der Waals surface area contributed by atoms with E-state index in [-0.39, 0.29) is 22.9 Å². The highest BCUT2D eigenvalue weighted by molar-refractivity contribution is 8.15. The summed E-state index contributed by atoms with van der Waals surface area (Å²) in [6.45, 7) is 8.66. The van der Waals surface area contributed by atoms with Gasteiger partial charge in [0.2, 0.25) is 5.90 Å². The fourth-order valence-electron chi connectivity index (χ4n) is 3.95. The predicted molar refractivity (Wildman–Crippen MR) is 123 cm³/mol. The highest BCUT2D eigenvalue weighted by atomic mass is 32.4. The van der Waals surface area contributed by atoms with Crippen molar-refractivity contribution in [3.05, 3.63) is 65.7 Å². The number of nitrogens with zero attached hydrogens (tertiary/aromatic N) is 1. The van der Waals surface area contributed by atoms with E-state index in [2.05, 4.69) is 27.7 Å². The van der Waals surface area contributed by atoms with Gasteiger partial charge >= 0.3 is 5.97 Å². The fourth-order valence-corrected chi connectivity index (χ4v) is 8.41. The molecule has 2 aromatic carbocycles. The molecular weight excluding hydrogens is 401 g/mol. The molecule has 0 fully saturated rings. The van der Waals surface area contributed by atoms with Crippen LogP contribution in [-0.4, -0.2) is 36.3 Å². The average molecular weight is 430 g/mol. The lowest BCUT2D eigenvalue weighted by molar-refractivity contribution is -0.135. The summed E-state index contributed by atoms with van der Waals surface area (Å²) >= 11 is 6.36. The quantitative estimate of drug-likeness (QED) is 0.436. The number of benzene rings is 2. The third kappa shape index (κ3) is 4.17. The van der Waals surface area contributed by atoms with E-state index in [1.807, 2.05) is 54.6 Å². The van der Waals surface area contributed by atoms with Crippen LogP contribution in [0.15, 0.2) is 59.6 Å². The van der Waals surface area contributed by atoms with Crippen LogP contribution in [0, 0.1) is 0 Å². The van der Waals surface area contributed by atoms with Gasteiger partial charge in [-0.25, -0.2) is 9.79 Å². The number of methoxy groups -OCH3 is 1. The molecule has 2 atom stereocenters. The minimum absolute atomic E-state index is 0.183. The van der Waals surface area contributed by atoms with Gasteiger partial charge in [-0.05, 0) is 47.2 Å². The molecule has 4 nitrogen and oxygen atoms in total. The van der Waals surface area contributed by atoms with Gasteiger partial charge in [-0.15, -0.1) is 0 Å². The Morgan fingerprint density at radius 1 is 1.00 bits per heavy atom. The van der Waals surface area contributed by atoms with Crippen LogP contribution in [0.3, 0.4) is 0 Å². The van der Waals surface area contributed by atoms with Crippen LogP contribution in [0.25, 0.3) is 0 Å². The first-order chi connectivity index (χ1) is 13.8. The average Bonchev–Trinajstić information content (AvgIpc) is 3.10. The summed E-state index contributed by atoms with van der Waals surface area (Å²) in [6.07, 6.45) is 0. The molecule has 29 heavy (non-hydrogen) atoms. The van der Waals surface area contributed by atoms with Gasteiger partial charge in [0.15, 0.2) is 6.04 Å². The molecule has 6 heteroatoms. The van der Waals surface area contributed by atoms with Crippen LogP contribution >= 0.6 is 6.04 Å². The van der Waals surface area contributed by atoms with Gasteiger partial charge in [-0.1, -0.05) is 69.8 Å². The van der Waals surface area contributed by atoms with Crippen molar-refractivity contribution in [2.75, 3.05) is 7.11 Å². The lowest BCUT2D eigenvalue weighted by Gasteiger charge is -2.39. The van der Waals surface area contributed by atoms with Crippen molar-refractivity contribution in [3.63, 3.8) is 0 Å². The van der Waals surface area contributed by atoms with Crippen molar-refractivity contribution < 1.29 is 14.3 Å². The van der Waals surface area contributed by atoms with Gasteiger partial charge in [0.1, 0.15) is 5.75 Å². The van der Waals surface area contributed by atoms with Crippen LogP contribution in [0.5, 0.6) is 5.75 Å². The van der Waals surface area contributed by atoms with Crippen molar-refractivity contribution >= 4 is 29.7 Å². The maximum atomic E-state index is 13.0. The number of rotatable bonds is 7. The number of hydrogen-bond acceptors (Lipinski definition) is 5. The first-order valence-corrected chi connectivity index (χ1v) is 12.9. The molecule has 1 aliphatic heterocycles. The highest BCUT2D eigenvalue weighted by Gasteiger charge is 2.46. The molecule has 154 valence electrons. The molecule has 0 saturated heterocycles. The molecule has 2 aromatic rings. The van der Waals surface area contributed by atoms with Crippen LogP contribution in [0.1, 0.15) is 44.5 Å². The SMILES string of the molecule is COc1ccc(C(C2N=C(c3ccccc3)OC2=O)P(=S)(C(C)C)C(C)C)cc1. The van der Waals surface area contributed by atoms with Crippen LogP contribution < -0.4 is 4.74 Å². The smallest absolute Gasteiger partial charge is 0.338 e. The van der Waals surface area contributed by atoms with E-state index >= 15 is 0 Å². The summed E-state index contributed by atoms with van der Waals surface area (Å²) in [5, 5.41) is 0. The molecule has 0 radical (unpaired) electrons. The van der Waals surface area contributed by atoms with Crippen LogP contribution in [0.2, 0.25) is 0 Å². The molecule has 0 bridgehead atoms. The van der Waals surface area contributed by atoms with Crippen LogP contribution in [0.4, 0.5) is 0 Å². The number of esters is 1. The lowest BCUT2D eigenvalue weighted by Crippen LogP contribution is -2.28. The Labute approximate surface area is 178 Å². The number of carbonyl (C=O) groups excluding carboxylic acids is 1.